The van der Waals surface area contributed by atoms with Crippen molar-refractivity contribution in [2.75, 3.05) is 7.11 Å². The van der Waals surface area contributed by atoms with Crippen LogP contribution in [0.25, 0.3) is 0 Å². The molecule has 3 nitrogen and oxygen atoms in total. The lowest BCUT2D eigenvalue weighted by Crippen LogP contribution is -1.98. The summed E-state index contributed by atoms with van der Waals surface area (Å²) < 4.78 is 17.9. The predicted molar refractivity (Wildman–Crippen MR) is 69.2 cm³/mol. The Hall–Kier alpha value is -2.29. The molecule has 0 aliphatic rings. The van der Waals surface area contributed by atoms with Gasteiger partial charge in [-0.25, -0.2) is 0 Å². The average Bonchev–Trinajstić information content (AvgIpc) is 2.45. The van der Waals surface area contributed by atoms with Gasteiger partial charge >= 0.3 is 0 Å². The van der Waals surface area contributed by atoms with Gasteiger partial charge in [0.2, 0.25) is 0 Å². The van der Waals surface area contributed by atoms with E-state index in [2.05, 4.69) is 0 Å². The molecule has 0 atom stereocenters. The van der Waals surface area contributed by atoms with E-state index in [1.54, 1.807) is 12.1 Å². The lowest BCUT2D eigenvalue weighted by Gasteiger charge is -2.11. The molecule has 2 aromatic rings. The third-order valence-electron chi connectivity index (χ3n) is 2.52. The maximum absolute atomic E-state index is 11.0. The van der Waals surface area contributed by atoms with Crippen LogP contribution >= 0.6 is 0 Å². The third-order valence-corrected chi connectivity index (χ3v) is 2.52. The fourth-order valence-electron chi connectivity index (χ4n) is 1.59. The summed E-state index contributed by atoms with van der Waals surface area (Å²) in [6.45, 7) is 0.382. The second kappa shape index (κ2) is 5.87. The van der Waals surface area contributed by atoms with Crippen molar-refractivity contribution in [2.24, 2.45) is 0 Å². The number of aldehydes is 1. The summed E-state index contributed by atoms with van der Waals surface area (Å²) >= 11 is 0. The Morgan fingerprint density at radius 2 is 1.94 bits per heavy atom. The van der Waals surface area contributed by atoms with E-state index >= 15 is 0 Å². The lowest BCUT2D eigenvalue weighted by molar-refractivity contribution is 0.112. The van der Waals surface area contributed by atoms with Crippen LogP contribution in [0.15, 0.2) is 48.5 Å². The number of benzene rings is 2. The van der Waals surface area contributed by atoms with Gasteiger partial charge in [0.15, 0.2) is 11.5 Å². The summed E-state index contributed by atoms with van der Waals surface area (Å²) in [5.74, 6) is 1.00. The third kappa shape index (κ3) is 2.88. The van der Waals surface area contributed by atoms with Gasteiger partial charge in [-0.15, -0.1) is 0 Å². The zero-order chi connectivity index (χ0) is 13.7. The Morgan fingerprint density at radius 3 is 2.61 bits per heavy atom. The average molecular weight is 243 g/mol. The number of rotatable bonds is 5. The van der Waals surface area contributed by atoms with Gasteiger partial charge in [-0.05, 0) is 23.8 Å². The van der Waals surface area contributed by atoms with Gasteiger partial charge in [0.25, 0.3) is 0 Å². The van der Waals surface area contributed by atoms with Crippen LogP contribution in [0.3, 0.4) is 0 Å². The van der Waals surface area contributed by atoms with E-state index in [9.17, 15) is 4.79 Å². The minimum absolute atomic E-state index is 0.281. The van der Waals surface area contributed by atoms with Crippen molar-refractivity contribution in [1.29, 1.82) is 0 Å². The first-order valence-corrected chi connectivity index (χ1v) is 5.56. The highest BCUT2D eigenvalue weighted by molar-refractivity contribution is 5.76. The number of methoxy groups -OCH3 is 1. The molecule has 0 saturated heterocycles. The summed E-state index contributed by atoms with van der Waals surface area (Å²) in [6.07, 6.45) is -0.743. The monoisotopic (exact) mass is 243 g/mol. The van der Waals surface area contributed by atoms with Crippen molar-refractivity contribution in [3.63, 3.8) is 0 Å². The Kier molecular flexibility index (Phi) is 3.53. The molecule has 0 aromatic heterocycles. The van der Waals surface area contributed by atoms with Crippen molar-refractivity contribution < 1.29 is 15.6 Å². The SMILES string of the molecule is [2H]C(=O)c1ccc(OC)c(OCc2ccccc2)c1. The largest absolute Gasteiger partial charge is 0.493 e. The van der Waals surface area contributed by atoms with E-state index in [4.69, 9.17) is 10.8 Å². The fourth-order valence-corrected chi connectivity index (χ4v) is 1.59. The minimum atomic E-state index is -0.743. The quantitative estimate of drug-likeness (QED) is 0.757. The number of hydrogen-bond acceptors (Lipinski definition) is 3. The van der Waals surface area contributed by atoms with Gasteiger partial charge in [-0.1, -0.05) is 30.3 Å². The highest BCUT2D eigenvalue weighted by Crippen LogP contribution is 2.28. The van der Waals surface area contributed by atoms with Crippen LogP contribution in [0.1, 0.15) is 17.3 Å². The van der Waals surface area contributed by atoms with Crippen LogP contribution in [0.5, 0.6) is 11.5 Å². The Balaban J connectivity index is 2.18. The molecule has 18 heavy (non-hydrogen) atoms. The van der Waals surface area contributed by atoms with Gasteiger partial charge < -0.3 is 9.47 Å². The van der Waals surface area contributed by atoms with E-state index in [-0.39, 0.29) is 5.56 Å². The number of carbonyl (C=O) groups is 1. The molecule has 0 fully saturated rings. The highest BCUT2D eigenvalue weighted by Gasteiger charge is 2.05. The molecule has 2 aromatic carbocycles. The van der Waals surface area contributed by atoms with Crippen molar-refractivity contribution >= 4 is 6.26 Å². The zero-order valence-electron chi connectivity index (χ0n) is 11.1. The summed E-state index contributed by atoms with van der Waals surface area (Å²) in [4.78, 5) is 11.0. The number of carbonyl (C=O) groups excluding carboxylic acids is 1. The van der Waals surface area contributed by atoms with Gasteiger partial charge in [0.1, 0.15) is 14.2 Å². The van der Waals surface area contributed by atoms with E-state index in [1.165, 1.54) is 13.2 Å². The normalized spacial score (nSPS) is 10.6. The molecule has 92 valence electrons. The molecule has 0 aliphatic heterocycles. The standard InChI is InChI=1S/C15H14O3/c1-17-14-8-7-13(10-16)9-15(14)18-11-12-5-3-2-4-6-12/h2-10H,11H2,1H3/i10D. The molecule has 0 N–H and O–H groups in total. The van der Waals surface area contributed by atoms with Gasteiger partial charge in [0.05, 0.1) is 7.11 Å². The van der Waals surface area contributed by atoms with Crippen LogP contribution < -0.4 is 9.47 Å². The first kappa shape index (κ1) is 10.8. The molecule has 0 unspecified atom stereocenters. The van der Waals surface area contributed by atoms with E-state index in [0.717, 1.165) is 5.56 Å². The summed E-state index contributed by atoms with van der Waals surface area (Å²) in [5, 5.41) is 0. The van der Waals surface area contributed by atoms with Crippen LogP contribution in [-0.2, 0) is 6.61 Å². The minimum Gasteiger partial charge on any atom is -0.493 e. The van der Waals surface area contributed by atoms with Crippen LogP contribution in [0, 0.1) is 0 Å². The molecule has 0 spiro atoms. The molecule has 0 aliphatic carbocycles. The molecular formula is C15H14O3. The predicted octanol–water partition coefficient (Wildman–Crippen LogP) is 3.09. The van der Waals surface area contributed by atoms with Crippen LogP contribution in [0.2, 0.25) is 0 Å². The second-order valence-electron chi connectivity index (χ2n) is 3.74. The second-order valence-corrected chi connectivity index (χ2v) is 3.74. The summed E-state index contributed by atoms with van der Waals surface area (Å²) in [6, 6.07) is 14.4. The molecular weight excluding hydrogens is 228 g/mol. The van der Waals surface area contributed by atoms with Crippen molar-refractivity contribution in [3.05, 3.63) is 59.7 Å². The zero-order valence-corrected chi connectivity index (χ0v) is 10.1. The summed E-state index contributed by atoms with van der Waals surface area (Å²) in [7, 11) is 1.53. The molecule has 3 heteroatoms. The first-order chi connectivity index (χ1) is 9.20. The lowest BCUT2D eigenvalue weighted by atomic mass is 10.2. The highest BCUT2D eigenvalue weighted by atomic mass is 16.5. The number of hydrogen-bond donors (Lipinski definition) is 0. The van der Waals surface area contributed by atoms with Gasteiger partial charge in [0, 0.05) is 5.56 Å². The van der Waals surface area contributed by atoms with Crippen LogP contribution in [0.4, 0.5) is 0 Å². The van der Waals surface area contributed by atoms with Gasteiger partial charge in [-0.2, -0.15) is 0 Å². The van der Waals surface area contributed by atoms with Crippen molar-refractivity contribution in [2.45, 2.75) is 6.61 Å². The Labute approximate surface area is 107 Å². The van der Waals surface area contributed by atoms with E-state index in [0.29, 0.717) is 18.1 Å². The molecule has 0 heterocycles. The number of ether oxygens (including phenoxy) is 2. The first-order valence-electron chi connectivity index (χ1n) is 6.06. The Morgan fingerprint density at radius 1 is 1.17 bits per heavy atom. The van der Waals surface area contributed by atoms with Crippen molar-refractivity contribution in [3.8, 4) is 11.5 Å². The smallest absolute Gasteiger partial charge is 0.162 e. The maximum atomic E-state index is 11.0. The van der Waals surface area contributed by atoms with E-state index < -0.39 is 6.26 Å². The molecule has 0 amide bonds. The van der Waals surface area contributed by atoms with Crippen molar-refractivity contribution in [1.82, 2.24) is 0 Å². The molecule has 0 radical (unpaired) electrons. The van der Waals surface area contributed by atoms with E-state index in [1.807, 2.05) is 30.3 Å². The summed E-state index contributed by atoms with van der Waals surface area (Å²) in [5.41, 5.74) is 1.30. The molecule has 2 rings (SSSR count). The topological polar surface area (TPSA) is 35.5 Å². The maximum Gasteiger partial charge on any atom is 0.162 e. The van der Waals surface area contributed by atoms with Crippen LogP contribution in [-0.4, -0.2) is 13.4 Å². The molecule has 0 saturated carbocycles. The fraction of sp³-hybridized carbons (Fsp3) is 0.133. The van der Waals surface area contributed by atoms with Gasteiger partial charge in [-0.3, -0.25) is 4.79 Å². The molecule has 0 bridgehead atoms. The Bertz CT molecular complexity index is 567.